The molecule has 2 aromatic carbocycles. The van der Waals surface area contributed by atoms with Crippen molar-refractivity contribution in [3.05, 3.63) is 53.6 Å². The molecular weight excluding hydrogens is 328 g/mol. The summed E-state index contributed by atoms with van der Waals surface area (Å²) < 4.78 is 12.2. The molecular formula is C21H24N2O3. The number of hydrogen-bond acceptors (Lipinski definition) is 3. The SMILES string of the molecule is CCOc1cccc2c1OC1(C)CC2NC(=O)N1c1cccc(CC)c1. The highest BCUT2D eigenvalue weighted by molar-refractivity contribution is 5.95. The molecule has 1 saturated heterocycles. The van der Waals surface area contributed by atoms with Crippen LogP contribution in [0.3, 0.4) is 0 Å². The number of fused-ring (bicyclic) bond motifs is 4. The van der Waals surface area contributed by atoms with Gasteiger partial charge in [-0.2, -0.15) is 0 Å². The van der Waals surface area contributed by atoms with Gasteiger partial charge >= 0.3 is 6.03 Å². The van der Waals surface area contributed by atoms with Crippen LogP contribution in [0.1, 0.15) is 44.4 Å². The number of anilines is 1. The molecule has 2 heterocycles. The van der Waals surface area contributed by atoms with Crippen molar-refractivity contribution < 1.29 is 14.3 Å². The highest BCUT2D eigenvalue weighted by atomic mass is 16.5. The lowest BCUT2D eigenvalue weighted by molar-refractivity contribution is 0.0343. The number of hydrogen-bond donors (Lipinski definition) is 1. The molecule has 2 atom stereocenters. The number of nitrogens with one attached hydrogen (secondary N) is 1. The van der Waals surface area contributed by atoms with E-state index in [9.17, 15) is 4.79 Å². The van der Waals surface area contributed by atoms with Crippen molar-refractivity contribution in [3.63, 3.8) is 0 Å². The van der Waals surface area contributed by atoms with Gasteiger partial charge in [-0.05, 0) is 44.0 Å². The predicted octanol–water partition coefficient (Wildman–Crippen LogP) is 4.42. The normalized spacial score (nSPS) is 23.7. The second kappa shape index (κ2) is 6.24. The molecule has 0 saturated carbocycles. The highest BCUT2D eigenvalue weighted by Gasteiger charge is 2.50. The maximum atomic E-state index is 12.9. The molecule has 1 fully saturated rings. The largest absolute Gasteiger partial charge is 0.490 e. The van der Waals surface area contributed by atoms with Crippen molar-refractivity contribution >= 4 is 11.7 Å². The first-order chi connectivity index (χ1) is 12.6. The van der Waals surface area contributed by atoms with Crippen LogP contribution in [0.15, 0.2) is 42.5 Å². The number of carbonyl (C=O) groups excluding carboxylic acids is 1. The Labute approximate surface area is 153 Å². The molecule has 5 heteroatoms. The Hall–Kier alpha value is -2.69. The molecule has 2 unspecified atom stereocenters. The monoisotopic (exact) mass is 352 g/mol. The van der Waals surface area contributed by atoms with E-state index < -0.39 is 5.72 Å². The second-order valence-corrected chi connectivity index (χ2v) is 6.95. The summed E-state index contributed by atoms with van der Waals surface area (Å²) in [7, 11) is 0. The molecule has 1 N–H and O–H groups in total. The number of urea groups is 1. The van der Waals surface area contributed by atoms with Gasteiger partial charge in [-0.15, -0.1) is 0 Å². The number of benzene rings is 2. The molecule has 2 aliphatic rings. The molecule has 2 amide bonds. The Morgan fingerprint density at radius 3 is 2.85 bits per heavy atom. The third-order valence-electron chi connectivity index (χ3n) is 5.14. The predicted molar refractivity (Wildman–Crippen MR) is 101 cm³/mol. The van der Waals surface area contributed by atoms with E-state index in [1.807, 2.05) is 44.2 Å². The van der Waals surface area contributed by atoms with Crippen LogP contribution in [0.4, 0.5) is 10.5 Å². The average molecular weight is 352 g/mol. The molecule has 26 heavy (non-hydrogen) atoms. The summed E-state index contributed by atoms with van der Waals surface area (Å²) in [6, 6.07) is 13.7. The minimum Gasteiger partial charge on any atom is -0.490 e. The zero-order valence-electron chi connectivity index (χ0n) is 15.4. The van der Waals surface area contributed by atoms with Crippen LogP contribution in [0.2, 0.25) is 0 Å². The van der Waals surface area contributed by atoms with Crippen molar-refractivity contribution in [1.29, 1.82) is 0 Å². The van der Waals surface area contributed by atoms with Crippen molar-refractivity contribution in [3.8, 4) is 11.5 Å². The minimum atomic E-state index is -0.764. The van der Waals surface area contributed by atoms with Gasteiger partial charge < -0.3 is 14.8 Å². The third kappa shape index (κ3) is 2.59. The van der Waals surface area contributed by atoms with E-state index >= 15 is 0 Å². The second-order valence-electron chi connectivity index (χ2n) is 6.95. The van der Waals surface area contributed by atoms with Gasteiger partial charge in [0, 0.05) is 17.7 Å². The molecule has 0 spiro atoms. The smallest absolute Gasteiger partial charge is 0.325 e. The van der Waals surface area contributed by atoms with Crippen LogP contribution in [0.5, 0.6) is 11.5 Å². The topological polar surface area (TPSA) is 50.8 Å². The van der Waals surface area contributed by atoms with E-state index in [1.54, 1.807) is 4.90 Å². The summed E-state index contributed by atoms with van der Waals surface area (Å²) in [6.07, 6.45) is 1.60. The van der Waals surface area contributed by atoms with Gasteiger partial charge in [0.2, 0.25) is 0 Å². The van der Waals surface area contributed by atoms with Crippen LogP contribution >= 0.6 is 0 Å². The number of amides is 2. The number of ether oxygens (including phenoxy) is 2. The Balaban J connectivity index is 1.79. The number of nitrogens with zero attached hydrogens (tertiary/aromatic N) is 1. The molecule has 2 bridgehead atoms. The summed E-state index contributed by atoms with van der Waals surface area (Å²) in [5.41, 5.74) is 2.25. The zero-order chi connectivity index (χ0) is 18.3. The van der Waals surface area contributed by atoms with Crippen LogP contribution in [0, 0.1) is 0 Å². The standard InChI is InChI=1S/C21H24N2O3/c1-4-14-8-6-9-15(12-14)23-20(24)22-17-13-21(23,3)26-19-16(17)10-7-11-18(19)25-5-2/h6-12,17H,4-5,13H2,1-3H3,(H,22,24). The van der Waals surface area contributed by atoms with Crippen molar-refractivity contribution in [2.75, 3.05) is 11.5 Å². The molecule has 4 rings (SSSR count). The van der Waals surface area contributed by atoms with E-state index in [4.69, 9.17) is 9.47 Å². The van der Waals surface area contributed by atoms with E-state index in [-0.39, 0.29) is 12.1 Å². The van der Waals surface area contributed by atoms with Gasteiger partial charge in [0.05, 0.1) is 12.6 Å². The van der Waals surface area contributed by atoms with Gasteiger partial charge in [-0.25, -0.2) is 4.79 Å². The fourth-order valence-electron chi connectivity index (χ4n) is 3.94. The first kappa shape index (κ1) is 16.8. The minimum absolute atomic E-state index is 0.0812. The molecule has 0 radical (unpaired) electrons. The third-order valence-corrected chi connectivity index (χ3v) is 5.14. The summed E-state index contributed by atoms with van der Waals surface area (Å²) in [6.45, 7) is 6.60. The lowest BCUT2D eigenvalue weighted by Gasteiger charge is -2.50. The van der Waals surface area contributed by atoms with Gasteiger partial charge in [0.1, 0.15) is 0 Å². The van der Waals surface area contributed by atoms with Crippen molar-refractivity contribution in [1.82, 2.24) is 5.32 Å². The molecule has 0 aromatic heterocycles. The molecule has 5 nitrogen and oxygen atoms in total. The number of para-hydroxylation sites is 1. The summed E-state index contributed by atoms with van der Waals surface area (Å²) in [5, 5.41) is 3.14. The highest BCUT2D eigenvalue weighted by Crippen LogP contribution is 2.49. The Morgan fingerprint density at radius 1 is 1.27 bits per heavy atom. The van der Waals surface area contributed by atoms with Crippen LogP contribution in [0.25, 0.3) is 0 Å². The quantitative estimate of drug-likeness (QED) is 0.886. The summed E-state index contributed by atoms with van der Waals surface area (Å²) in [4.78, 5) is 14.7. The number of carbonyl (C=O) groups is 1. The Morgan fingerprint density at radius 2 is 2.08 bits per heavy atom. The lowest BCUT2D eigenvalue weighted by atomic mass is 9.89. The average Bonchev–Trinajstić information content (AvgIpc) is 2.62. The van der Waals surface area contributed by atoms with Gasteiger partial charge in [0.15, 0.2) is 17.2 Å². The fraction of sp³-hybridized carbons (Fsp3) is 0.381. The molecule has 2 aliphatic heterocycles. The Bertz CT molecular complexity index is 851. The van der Waals surface area contributed by atoms with Crippen molar-refractivity contribution in [2.24, 2.45) is 0 Å². The fourth-order valence-corrected chi connectivity index (χ4v) is 3.94. The maximum Gasteiger partial charge on any atom is 0.325 e. The summed E-state index contributed by atoms with van der Waals surface area (Å²) >= 11 is 0. The first-order valence-corrected chi connectivity index (χ1v) is 9.20. The van der Waals surface area contributed by atoms with Crippen LogP contribution in [-0.2, 0) is 6.42 Å². The van der Waals surface area contributed by atoms with E-state index in [0.29, 0.717) is 13.0 Å². The zero-order valence-corrected chi connectivity index (χ0v) is 15.4. The van der Waals surface area contributed by atoms with Gasteiger partial charge in [-0.3, -0.25) is 4.90 Å². The van der Waals surface area contributed by atoms with Crippen molar-refractivity contribution in [2.45, 2.75) is 45.4 Å². The number of aryl methyl sites for hydroxylation is 1. The van der Waals surface area contributed by atoms with Crippen LogP contribution in [-0.4, -0.2) is 18.4 Å². The number of rotatable bonds is 4. The van der Waals surface area contributed by atoms with Gasteiger partial charge in [0.25, 0.3) is 0 Å². The Kier molecular flexibility index (Phi) is 4.02. The van der Waals surface area contributed by atoms with Gasteiger partial charge in [-0.1, -0.05) is 31.2 Å². The first-order valence-electron chi connectivity index (χ1n) is 9.20. The van der Waals surface area contributed by atoms with E-state index in [0.717, 1.165) is 29.2 Å². The molecule has 2 aromatic rings. The van der Waals surface area contributed by atoms with E-state index in [2.05, 4.69) is 24.4 Å². The maximum absolute atomic E-state index is 12.9. The molecule has 136 valence electrons. The molecule has 0 aliphatic carbocycles. The lowest BCUT2D eigenvalue weighted by Crippen LogP contribution is -2.65. The summed E-state index contributed by atoms with van der Waals surface area (Å²) in [5.74, 6) is 1.45. The van der Waals surface area contributed by atoms with E-state index in [1.165, 1.54) is 5.56 Å². The van der Waals surface area contributed by atoms with Crippen LogP contribution < -0.4 is 19.7 Å².